The smallest absolute Gasteiger partial charge is 0.229 e. The van der Waals surface area contributed by atoms with Crippen molar-refractivity contribution in [3.05, 3.63) is 23.4 Å². The molecule has 3 N–H and O–H groups in total. The van der Waals surface area contributed by atoms with Crippen molar-refractivity contribution in [2.45, 2.75) is 39.7 Å². The predicted molar refractivity (Wildman–Crippen MR) is 81.5 cm³/mol. The van der Waals surface area contributed by atoms with E-state index in [1.54, 1.807) is 18.2 Å². The van der Waals surface area contributed by atoms with Crippen molar-refractivity contribution in [3.8, 4) is 0 Å². The molecule has 0 saturated heterocycles. The van der Waals surface area contributed by atoms with Gasteiger partial charge in [-0.15, -0.1) is 0 Å². The molecule has 1 aliphatic carbocycles. The van der Waals surface area contributed by atoms with Crippen LogP contribution in [0.2, 0.25) is 5.15 Å². The number of rotatable bonds is 2. The highest BCUT2D eigenvalue weighted by molar-refractivity contribution is 6.29. The maximum atomic E-state index is 12.5. The van der Waals surface area contributed by atoms with Crippen molar-refractivity contribution in [2.75, 3.05) is 5.32 Å². The predicted octanol–water partition coefficient (Wildman–Crippen LogP) is 3.07. The number of hydrogen-bond donors (Lipinski definition) is 2. The minimum Gasteiger partial charge on any atom is -0.327 e. The lowest BCUT2D eigenvalue weighted by Gasteiger charge is -2.45. The molecule has 0 aromatic carbocycles. The lowest BCUT2D eigenvalue weighted by Crippen LogP contribution is -2.50. The Balaban J connectivity index is 2.13. The summed E-state index contributed by atoms with van der Waals surface area (Å²) in [4.78, 5) is 16.6. The molecule has 4 nitrogen and oxygen atoms in total. The van der Waals surface area contributed by atoms with E-state index in [2.05, 4.69) is 31.1 Å². The van der Waals surface area contributed by atoms with Gasteiger partial charge in [0.2, 0.25) is 5.91 Å². The molecule has 1 aromatic heterocycles. The topological polar surface area (TPSA) is 68.0 Å². The van der Waals surface area contributed by atoms with Crippen LogP contribution in [0.25, 0.3) is 0 Å². The van der Waals surface area contributed by atoms with Crippen molar-refractivity contribution in [1.29, 1.82) is 0 Å². The minimum absolute atomic E-state index is 0.00326. The summed E-state index contributed by atoms with van der Waals surface area (Å²) in [7, 11) is 0. The van der Waals surface area contributed by atoms with Crippen molar-refractivity contribution in [1.82, 2.24) is 4.98 Å². The second-order valence-electron chi connectivity index (χ2n) is 6.24. The van der Waals surface area contributed by atoms with Crippen LogP contribution in [0.1, 0.15) is 33.6 Å². The second-order valence-corrected chi connectivity index (χ2v) is 6.63. The average Bonchev–Trinajstić information content (AvgIpc) is 2.36. The first-order valence-electron chi connectivity index (χ1n) is 7.01. The summed E-state index contributed by atoms with van der Waals surface area (Å²) in [5.41, 5.74) is 6.00. The molecule has 110 valence electrons. The molecule has 2 rings (SSSR count). The Kier molecular flexibility index (Phi) is 4.35. The lowest BCUT2D eigenvalue weighted by atomic mass is 9.61. The largest absolute Gasteiger partial charge is 0.327 e. The third kappa shape index (κ3) is 2.96. The first kappa shape index (κ1) is 15.3. The highest BCUT2D eigenvalue weighted by atomic mass is 35.5. The molecule has 1 fully saturated rings. The Morgan fingerprint density at radius 2 is 2.15 bits per heavy atom. The number of anilines is 1. The summed E-state index contributed by atoms with van der Waals surface area (Å²) in [6, 6.07) is 5.37. The molecule has 0 radical (unpaired) electrons. The van der Waals surface area contributed by atoms with Crippen LogP contribution >= 0.6 is 11.6 Å². The molecule has 0 bridgehead atoms. The maximum Gasteiger partial charge on any atom is 0.229 e. The van der Waals surface area contributed by atoms with Gasteiger partial charge in [-0.1, -0.05) is 38.4 Å². The summed E-state index contributed by atoms with van der Waals surface area (Å²) in [5.74, 6) is 0.752. The Morgan fingerprint density at radius 3 is 2.80 bits per heavy atom. The van der Waals surface area contributed by atoms with Gasteiger partial charge in [0.25, 0.3) is 0 Å². The summed E-state index contributed by atoms with van der Waals surface area (Å²) in [6.45, 7) is 6.36. The van der Waals surface area contributed by atoms with Gasteiger partial charge in [-0.2, -0.15) is 0 Å². The number of aromatic nitrogens is 1. The van der Waals surface area contributed by atoms with Gasteiger partial charge in [-0.3, -0.25) is 4.79 Å². The molecule has 0 aliphatic heterocycles. The fraction of sp³-hybridized carbons (Fsp3) is 0.600. The van der Waals surface area contributed by atoms with E-state index in [4.69, 9.17) is 17.3 Å². The van der Waals surface area contributed by atoms with Crippen LogP contribution in [0.15, 0.2) is 18.2 Å². The lowest BCUT2D eigenvalue weighted by molar-refractivity contribution is -0.127. The third-order valence-corrected chi connectivity index (χ3v) is 5.00. The number of nitrogens with two attached hydrogens (primary N) is 1. The number of carbonyl (C=O) groups excluding carboxylic acids is 1. The zero-order valence-electron chi connectivity index (χ0n) is 12.2. The van der Waals surface area contributed by atoms with E-state index in [-0.39, 0.29) is 23.3 Å². The molecule has 1 aromatic rings. The quantitative estimate of drug-likeness (QED) is 0.824. The van der Waals surface area contributed by atoms with E-state index in [9.17, 15) is 4.79 Å². The Labute approximate surface area is 125 Å². The number of hydrogen-bond acceptors (Lipinski definition) is 3. The van der Waals surface area contributed by atoms with E-state index in [1.807, 2.05) is 0 Å². The first-order valence-corrected chi connectivity index (χ1v) is 7.39. The van der Waals surface area contributed by atoms with E-state index < -0.39 is 0 Å². The molecular formula is C15H22ClN3O. The van der Waals surface area contributed by atoms with Gasteiger partial charge in [-0.05, 0) is 36.3 Å². The monoisotopic (exact) mass is 295 g/mol. The summed E-state index contributed by atoms with van der Waals surface area (Å²) in [6.07, 6.45) is 1.69. The molecule has 1 saturated carbocycles. The van der Waals surface area contributed by atoms with Gasteiger partial charge < -0.3 is 11.1 Å². The van der Waals surface area contributed by atoms with Gasteiger partial charge in [-0.25, -0.2) is 4.98 Å². The minimum atomic E-state index is -0.125. The third-order valence-electron chi connectivity index (χ3n) is 4.79. The highest BCUT2D eigenvalue weighted by Crippen LogP contribution is 2.44. The maximum absolute atomic E-state index is 12.5. The number of pyridine rings is 1. The molecule has 1 heterocycles. The average molecular weight is 296 g/mol. The summed E-state index contributed by atoms with van der Waals surface area (Å²) in [5, 5.41) is 3.24. The van der Waals surface area contributed by atoms with Crippen molar-refractivity contribution in [3.63, 3.8) is 0 Å². The molecule has 5 heteroatoms. The van der Waals surface area contributed by atoms with Crippen LogP contribution in [0.3, 0.4) is 0 Å². The van der Waals surface area contributed by atoms with Crippen LogP contribution in [0.4, 0.5) is 5.82 Å². The van der Waals surface area contributed by atoms with Crippen molar-refractivity contribution >= 4 is 23.3 Å². The summed E-state index contributed by atoms with van der Waals surface area (Å²) >= 11 is 5.83. The molecule has 3 unspecified atom stereocenters. The number of nitrogens with one attached hydrogen (secondary N) is 1. The normalized spacial score (nSPS) is 28.9. The standard InChI is InChI=1S/C15H22ClN3O/c1-9-11(17)8-7-10(15(9,2)3)14(20)19-13-6-4-5-12(16)18-13/h4-6,9-11H,7-8,17H2,1-3H3,(H,18,19,20). The molecular weight excluding hydrogens is 274 g/mol. The Bertz CT molecular complexity index is 504. The zero-order chi connectivity index (χ0) is 14.9. The van der Waals surface area contributed by atoms with E-state index >= 15 is 0 Å². The molecule has 3 atom stereocenters. The SMILES string of the molecule is CC1C(N)CCC(C(=O)Nc2cccc(Cl)n2)C1(C)C. The molecule has 1 aliphatic rings. The Hall–Kier alpha value is -1.13. The fourth-order valence-corrected chi connectivity index (χ4v) is 3.17. The van der Waals surface area contributed by atoms with Gasteiger partial charge >= 0.3 is 0 Å². The van der Waals surface area contributed by atoms with Crippen molar-refractivity contribution < 1.29 is 4.79 Å². The molecule has 20 heavy (non-hydrogen) atoms. The van der Waals surface area contributed by atoms with E-state index in [0.717, 1.165) is 12.8 Å². The second kappa shape index (κ2) is 5.70. The van der Waals surface area contributed by atoms with Crippen LogP contribution < -0.4 is 11.1 Å². The van der Waals surface area contributed by atoms with Crippen LogP contribution in [0, 0.1) is 17.3 Å². The number of amides is 1. The number of halogens is 1. The highest BCUT2D eigenvalue weighted by Gasteiger charge is 2.45. The van der Waals surface area contributed by atoms with Crippen LogP contribution in [-0.2, 0) is 4.79 Å². The van der Waals surface area contributed by atoms with E-state index in [0.29, 0.717) is 16.9 Å². The van der Waals surface area contributed by atoms with Crippen molar-refractivity contribution in [2.24, 2.45) is 23.0 Å². The van der Waals surface area contributed by atoms with E-state index in [1.165, 1.54) is 0 Å². The number of nitrogens with zero attached hydrogens (tertiary/aromatic N) is 1. The zero-order valence-corrected chi connectivity index (χ0v) is 12.9. The fourth-order valence-electron chi connectivity index (χ4n) is 3.01. The van der Waals surface area contributed by atoms with Gasteiger partial charge in [0, 0.05) is 12.0 Å². The molecule has 0 spiro atoms. The molecule has 1 amide bonds. The van der Waals surface area contributed by atoms with Gasteiger partial charge in [0.15, 0.2) is 0 Å². The number of carbonyl (C=O) groups is 1. The van der Waals surface area contributed by atoms with Crippen LogP contribution in [-0.4, -0.2) is 16.9 Å². The van der Waals surface area contributed by atoms with Gasteiger partial charge in [0.1, 0.15) is 11.0 Å². The van der Waals surface area contributed by atoms with Gasteiger partial charge in [0.05, 0.1) is 0 Å². The van der Waals surface area contributed by atoms with Crippen LogP contribution in [0.5, 0.6) is 0 Å². The summed E-state index contributed by atoms with van der Waals surface area (Å²) < 4.78 is 0. The first-order chi connectivity index (χ1) is 9.32. The Morgan fingerprint density at radius 1 is 1.45 bits per heavy atom.